The normalized spacial score (nSPS) is 16.9. The molecule has 14 heavy (non-hydrogen) atoms. The molecule has 1 aliphatic heterocycles. The molecule has 0 aromatic rings. The van der Waals surface area contributed by atoms with E-state index in [0.717, 1.165) is 0 Å². The smallest absolute Gasteiger partial charge is 1.00 e. The molecule has 0 aromatic carbocycles. The number of piperidine rings is 1. The first-order chi connectivity index (χ1) is 5.93. The Balaban J connectivity index is 0. The Morgan fingerprint density at radius 1 is 1.07 bits per heavy atom. The SMILES string of the molecule is CCCCCCN1CC[CH-]CC1.[Cl-].[Mg+2]. The fourth-order valence-electron chi connectivity index (χ4n) is 1.79. The average Bonchev–Trinajstić information content (AvgIpc) is 2.14. The summed E-state index contributed by atoms with van der Waals surface area (Å²) in [4.78, 5) is 2.61. The molecule has 80 valence electrons. The van der Waals surface area contributed by atoms with Crippen LogP contribution in [0.4, 0.5) is 0 Å². The van der Waals surface area contributed by atoms with Crippen LogP contribution in [0.1, 0.15) is 45.4 Å². The maximum Gasteiger partial charge on any atom is 2.00 e. The van der Waals surface area contributed by atoms with Crippen molar-refractivity contribution in [2.24, 2.45) is 0 Å². The van der Waals surface area contributed by atoms with Crippen LogP contribution in [0.5, 0.6) is 0 Å². The van der Waals surface area contributed by atoms with Crippen molar-refractivity contribution >= 4 is 23.1 Å². The van der Waals surface area contributed by atoms with Crippen LogP contribution in [0, 0.1) is 6.42 Å². The quantitative estimate of drug-likeness (QED) is 0.348. The second-order valence-electron chi connectivity index (χ2n) is 3.77. The van der Waals surface area contributed by atoms with Crippen LogP contribution in [0.25, 0.3) is 0 Å². The van der Waals surface area contributed by atoms with E-state index in [2.05, 4.69) is 18.2 Å². The van der Waals surface area contributed by atoms with Crippen molar-refractivity contribution in [2.45, 2.75) is 45.4 Å². The Morgan fingerprint density at radius 3 is 2.29 bits per heavy atom. The molecule has 0 aliphatic carbocycles. The number of unbranched alkanes of at least 4 members (excludes halogenated alkanes) is 3. The Hall–Kier alpha value is 1.02. The first-order valence-corrected chi connectivity index (χ1v) is 5.47. The van der Waals surface area contributed by atoms with Crippen molar-refractivity contribution in [3.63, 3.8) is 0 Å². The predicted molar refractivity (Wildman–Crippen MR) is 59.9 cm³/mol. The molecule has 1 fully saturated rings. The number of hydrogen-bond donors (Lipinski definition) is 0. The van der Waals surface area contributed by atoms with Gasteiger partial charge < -0.3 is 23.7 Å². The predicted octanol–water partition coefficient (Wildman–Crippen LogP) is -0.510. The van der Waals surface area contributed by atoms with Gasteiger partial charge in [-0.3, -0.25) is 0 Å². The maximum absolute atomic E-state index is 2.61. The van der Waals surface area contributed by atoms with Gasteiger partial charge in [0.15, 0.2) is 0 Å². The second kappa shape index (κ2) is 12.1. The van der Waals surface area contributed by atoms with Crippen molar-refractivity contribution in [1.29, 1.82) is 0 Å². The molecule has 0 bridgehead atoms. The van der Waals surface area contributed by atoms with E-state index in [4.69, 9.17) is 0 Å². The Morgan fingerprint density at radius 2 is 1.71 bits per heavy atom. The molecule has 0 amide bonds. The van der Waals surface area contributed by atoms with E-state index in [1.54, 1.807) is 0 Å². The summed E-state index contributed by atoms with van der Waals surface area (Å²) in [6.07, 6.45) is 10.7. The summed E-state index contributed by atoms with van der Waals surface area (Å²) in [6, 6.07) is 0. The Bertz CT molecular complexity index is 105. The summed E-state index contributed by atoms with van der Waals surface area (Å²) in [5.74, 6) is 0. The minimum absolute atomic E-state index is 0. The number of rotatable bonds is 5. The summed E-state index contributed by atoms with van der Waals surface area (Å²) >= 11 is 0. The van der Waals surface area contributed by atoms with E-state index in [0.29, 0.717) is 0 Å². The fraction of sp³-hybridized carbons (Fsp3) is 0.909. The van der Waals surface area contributed by atoms with E-state index in [9.17, 15) is 0 Å². The zero-order valence-corrected chi connectivity index (χ0v) is 11.6. The van der Waals surface area contributed by atoms with Gasteiger partial charge in [-0.05, 0) is 26.1 Å². The third-order valence-corrected chi connectivity index (χ3v) is 2.63. The average molecular weight is 228 g/mol. The van der Waals surface area contributed by atoms with Gasteiger partial charge in [0.1, 0.15) is 0 Å². The van der Waals surface area contributed by atoms with Crippen molar-refractivity contribution in [2.75, 3.05) is 19.6 Å². The van der Waals surface area contributed by atoms with E-state index in [-0.39, 0.29) is 35.5 Å². The van der Waals surface area contributed by atoms with Crippen LogP contribution in [0.3, 0.4) is 0 Å². The van der Waals surface area contributed by atoms with Crippen molar-refractivity contribution in [1.82, 2.24) is 4.90 Å². The zero-order valence-electron chi connectivity index (χ0n) is 9.47. The van der Waals surface area contributed by atoms with E-state index < -0.39 is 0 Å². The maximum atomic E-state index is 2.61. The van der Waals surface area contributed by atoms with Crippen LogP contribution in [0.15, 0.2) is 0 Å². The molecule has 0 atom stereocenters. The number of hydrogen-bond acceptors (Lipinski definition) is 1. The molecule has 1 rings (SSSR count). The van der Waals surface area contributed by atoms with Gasteiger partial charge in [-0.15, -0.1) is 0 Å². The number of likely N-dealkylation sites (tertiary alicyclic amines) is 1. The molecular formula is C11H22ClMgN. The summed E-state index contributed by atoms with van der Waals surface area (Å²) in [7, 11) is 0. The van der Waals surface area contributed by atoms with Gasteiger partial charge in [-0.2, -0.15) is 12.8 Å². The van der Waals surface area contributed by atoms with Crippen LogP contribution in [-0.2, 0) is 0 Å². The van der Waals surface area contributed by atoms with Crippen LogP contribution < -0.4 is 12.4 Å². The third-order valence-electron chi connectivity index (χ3n) is 2.63. The van der Waals surface area contributed by atoms with Crippen molar-refractivity contribution in [3.8, 4) is 0 Å². The summed E-state index contributed by atoms with van der Waals surface area (Å²) in [5.41, 5.74) is 0. The molecule has 0 unspecified atom stereocenters. The standard InChI is InChI=1S/C11H22N.ClH.Mg/c1-2-3-4-6-9-12-10-7-5-8-11-12;;/h5H,2-4,6-11H2,1H3;1H;/q-1;;+2/p-1. The van der Waals surface area contributed by atoms with Gasteiger partial charge >= 0.3 is 23.1 Å². The van der Waals surface area contributed by atoms with Gasteiger partial charge in [0.25, 0.3) is 0 Å². The summed E-state index contributed by atoms with van der Waals surface area (Å²) < 4.78 is 0. The van der Waals surface area contributed by atoms with E-state index in [1.165, 1.54) is 58.2 Å². The zero-order chi connectivity index (χ0) is 8.65. The van der Waals surface area contributed by atoms with Gasteiger partial charge in [0.2, 0.25) is 0 Å². The fourth-order valence-corrected chi connectivity index (χ4v) is 1.79. The summed E-state index contributed by atoms with van der Waals surface area (Å²) in [5, 5.41) is 0. The van der Waals surface area contributed by atoms with Gasteiger partial charge in [0, 0.05) is 0 Å². The topological polar surface area (TPSA) is 3.24 Å². The molecule has 1 aliphatic rings. The molecule has 0 spiro atoms. The van der Waals surface area contributed by atoms with Gasteiger partial charge in [-0.25, -0.2) is 0 Å². The van der Waals surface area contributed by atoms with Crippen LogP contribution in [-0.4, -0.2) is 47.6 Å². The van der Waals surface area contributed by atoms with Gasteiger partial charge in [-0.1, -0.05) is 26.2 Å². The van der Waals surface area contributed by atoms with Crippen LogP contribution >= 0.6 is 0 Å². The van der Waals surface area contributed by atoms with Crippen molar-refractivity contribution < 1.29 is 12.4 Å². The molecule has 3 heteroatoms. The Kier molecular flexibility index (Phi) is 15.0. The van der Waals surface area contributed by atoms with Crippen LogP contribution in [0.2, 0.25) is 0 Å². The molecule has 1 saturated heterocycles. The van der Waals surface area contributed by atoms with E-state index in [1.807, 2.05) is 0 Å². The largest absolute Gasteiger partial charge is 2.00 e. The van der Waals surface area contributed by atoms with Crippen molar-refractivity contribution in [3.05, 3.63) is 6.42 Å². The first kappa shape index (κ1) is 17.4. The number of nitrogens with zero attached hydrogens (tertiary/aromatic N) is 1. The molecular weight excluding hydrogens is 206 g/mol. The third kappa shape index (κ3) is 8.33. The Labute approximate surface area is 112 Å². The minimum Gasteiger partial charge on any atom is -1.00 e. The van der Waals surface area contributed by atoms with Gasteiger partial charge in [0.05, 0.1) is 0 Å². The molecule has 1 heterocycles. The number of halogens is 1. The minimum atomic E-state index is 0. The van der Waals surface area contributed by atoms with E-state index >= 15 is 0 Å². The molecule has 0 radical (unpaired) electrons. The summed E-state index contributed by atoms with van der Waals surface area (Å²) in [6.45, 7) is 6.24. The first-order valence-electron chi connectivity index (χ1n) is 5.47. The second-order valence-corrected chi connectivity index (χ2v) is 3.77. The monoisotopic (exact) mass is 227 g/mol. The molecule has 0 saturated carbocycles. The molecule has 0 aromatic heterocycles. The molecule has 0 N–H and O–H groups in total. The molecule has 1 nitrogen and oxygen atoms in total.